The van der Waals surface area contributed by atoms with E-state index in [1.54, 1.807) is 0 Å². The highest BCUT2D eigenvalue weighted by molar-refractivity contribution is 5.45. The minimum absolute atomic E-state index is 0.0747. The second kappa shape index (κ2) is 7.55. The summed E-state index contributed by atoms with van der Waals surface area (Å²) >= 11 is 0. The van der Waals surface area contributed by atoms with Gasteiger partial charge in [-0.25, -0.2) is 8.78 Å². The fourth-order valence-electron chi connectivity index (χ4n) is 2.50. The minimum Gasteiger partial charge on any atom is -0.493 e. The normalized spacial score (nSPS) is 15.2. The molecule has 0 saturated heterocycles. The van der Waals surface area contributed by atoms with Crippen molar-refractivity contribution in [1.29, 1.82) is 0 Å². The van der Waals surface area contributed by atoms with Crippen LogP contribution in [0.4, 0.5) is 8.78 Å². The molecule has 2 rings (SSSR count). The van der Waals surface area contributed by atoms with Crippen LogP contribution >= 0.6 is 0 Å². The molecular formula is C15H21F2NO2. The first-order valence-corrected chi connectivity index (χ1v) is 7.06. The lowest BCUT2D eigenvalue weighted by Gasteiger charge is -2.20. The van der Waals surface area contributed by atoms with Crippen LogP contribution in [0, 0.1) is 0 Å². The fraction of sp³-hybridized carbons (Fsp3) is 0.600. The van der Waals surface area contributed by atoms with Gasteiger partial charge in [-0.3, -0.25) is 0 Å². The van der Waals surface area contributed by atoms with E-state index in [2.05, 4.69) is 11.4 Å². The van der Waals surface area contributed by atoms with Crippen LogP contribution in [0.1, 0.15) is 30.5 Å². The smallest absolute Gasteiger partial charge is 0.261 e. The molecule has 0 aliphatic carbocycles. The number of benzene rings is 1. The van der Waals surface area contributed by atoms with Gasteiger partial charge in [-0.1, -0.05) is 25.1 Å². The monoisotopic (exact) mass is 285 g/mol. The maximum atomic E-state index is 12.0. The number of rotatable bonds is 8. The van der Waals surface area contributed by atoms with Crippen molar-refractivity contribution < 1.29 is 18.3 Å². The van der Waals surface area contributed by atoms with E-state index in [0.717, 1.165) is 24.3 Å². The average molecular weight is 285 g/mol. The summed E-state index contributed by atoms with van der Waals surface area (Å²) in [6.07, 6.45) is -0.818. The predicted octanol–water partition coefficient (Wildman–Crippen LogP) is 2.94. The van der Waals surface area contributed by atoms with E-state index in [1.165, 1.54) is 5.56 Å². The zero-order valence-corrected chi connectivity index (χ0v) is 11.7. The lowest BCUT2D eigenvalue weighted by molar-refractivity contribution is 0.0143. The number of halogens is 2. The summed E-state index contributed by atoms with van der Waals surface area (Å²) in [5, 5.41) is 3.37. The third-order valence-corrected chi connectivity index (χ3v) is 3.37. The zero-order valence-electron chi connectivity index (χ0n) is 11.7. The number of ether oxygens (including phenoxy) is 2. The number of hydrogen-bond acceptors (Lipinski definition) is 3. The molecule has 112 valence electrons. The van der Waals surface area contributed by atoms with Crippen LogP contribution in [0.2, 0.25) is 0 Å². The molecule has 1 atom stereocenters. The molecule has 0 amide bonds. The maximum Gasteiger partial charge on any atom is 0.261 e. The summed E-state index contributed by atoms with van der Waals surface area (Å²) in [7, 11) is 0. The number of para-hydroxylation sites is 1. The average Bonchev–Trinajstić information content (AvgIpc) is 2.90. The molecule has 5 heteroatoms. The van der Waals surface area contributed by atoms with Crippen molar-refractivity contribution in [1.82, 2.24) is 5.32 Å². The van der Waals surface area contributed by atoms with Gasteiger partial charge < -0.3 is 14.8 Å². The molecule has 1 aliphatic rings. The summed E-state index contributed by atoms with van der Waals surface area (Å²) in [5.74, 6) is 0.951. The van der Waals surface area contributed by atoms with Gasteiger partial charge in [0.05, 0.1) is 6.61 Å². The second-order valence-corrected chi connectivity index (χ2v) is 4.80. The quantitative estimate of drug-likeness (QED) is 0.745. The molecule has 20 heavy (non-hydrogen) atoms. The van der Waals surface area contributed by atoms with Crippen molar-refractivity contribution in [3.63, 3.8) is 0 Å². The van der Waals surface area contributed by atoms with Gasteiger partial charge in [0.2, 0.25) is 0 Å². The van der Waals surface area contributed by atoms with Crippen molar-refractivity contribution in [2.75, 3.05) is 26.4 Å². The Morgan fingerprint density at radius 3 is 3.00 bits per heavy atom. The summed E-state index contributed by atoms with van der Waals surface area (Å²) in [4.78, 5) is 0. The van der Waals surface area contributed by atoms with Crippen LogP contribution in [0.3, 0.4) is 0 Å². The molecule has 1 N–H and O–H groups in total. The molecule has 0 spiro atoms. The summed E-state index contributed by atoms with van der Waals surface area (Å²) < 4.78 is 34.8. The molecule has 1 aliphatic heterocycles. The van der Waals surface area contributed by atoms with E-state index in [-0.39, 0.29) is 6.04 Å². The van der Waals surface area contributed by atoms with Gasteiger partial charge in [-0.15, -0.1) is 0 Å². The molecule has 1 heterocycles. The zero-order chi connectivity index (χ0) is 14.4. The molecule has 0 saturated carbocycles. The van der Waals surface area contributed by atoms with Gasteiger partial charge in [-0.2, -0.15) is 0 Å². The van der Waals surface area contributed by atoms with E-state index < -0.39 is 13.0 Å². The Morgan fingerprint density at radius 2 is 2.25 bits per heavy atom. The van der Waals surface area contributed by atoms with Crippen LogP contribution in [0.25, 0.3) is 0 Å². The second-order valence-electron chi connectivity index (χ2n) is 4.80. The molecule has 0 bridgehead atoms. The lowest BCUT2D eigenvalue weighted by Crippen LogP contribution is -2.23. The molecule has 0 radical (unpaired) electrons. The Labute approximate surface area is 118 Å². The van der Waals surface area contributed by atoms with E-state index in [0.29, 0.717) is 19.6 Å². The van der Waals surface area contributed by atoms with Crippen molar-refractivity contribution >= 4 is 0 Å². The third-order valence-electron chi connectivity index (χ3n) is 3.37. The highest BCUT2D eigenvalue weighted by atomic mass is 19.3. The molecule has 3 nitrogen and oxygen atoms in total. The van der Waals surface area contributed by atoms with Crippen LogP contribution in [-0.4, -0.2) is 32.8 Å². The molecule has 0 fully saturated rings. The Bertz CT molecular complexity index is 426. The van der Waals surface area contributed by atoms with Crippen LogP contribution in [-0.2, 0) is 11.2 Å². The van der Waals surface area contributed by atoms with Gasteiger partial charge in [0, 0.05) is 24.6 Å². The Morgan fingerprint density at radius 1 is 1.40 bits per heavy atom. The molecule has 1 aromatic rings. The first-order valence-electron chi connectivity index (χ1n) is 7.06. The van der Waals surface area contributed by atoms with E-state index in [4.69, 9.17) is 9.47 Å². The SMILES string of the molecule is CCNC(CCOCC(F)F)c1cccc2c1OCC2. The highest BCUT2D eigenvalue weighted by Crippen LogP contribution is 2.34. The standard InChI is InChI=1S/C15H21F2NO2/c1-2-18-13(7-8-19-10-14(16)17)12-5-3-4-11-6-9-20-15(11)12/h3-5,13-14,18H,2,6-10H2,1H3. The minimum atomic E-state index is -2.41. The van der Waals surface area contributed by atoms with Gasteiger partial charge >= 0.3 is 0 Å². The van der Waals surface area contributed by atoms with Crippen molar-refractivity contribution in [2.45, 2.75) is 32.2 Å². The predicted molar refractivity (Wildman–Crippen MR) is 73.5 cm³/mol. The summed E-state index contributed by atoms with van der Waals surface area (Å²) in [6.45, 7) is 3.36. The number of alkyl halides is 2. The Hall–Kier alpha value is -1.20. The van der Waals surface area contributed by atoms with Crippen LogP contribution < -0.4 is 10.1 Å². The molecule has 1 aromatic carbocycles. The molecular weight excluding hydrogens is 264 g/mol. The molecule has 0 aromatic heterocycles. The van der Waals surface area contributed by atoms with E-state index in [1.807, 2.05) is 19.1 Å². The topological polar surface area (TPSA) is 30.5 Å². The number of hydrogen-bond donors (Lipinski definition) is 1. The maximum absolute atomic E-state index is 12.0. The lowest BCUT2D eigenvalue weighted by atomic mass is 9.99. The molecule has 1 unspecified atom stereocenters. The van der Waals surface area contributed by atoms with Gasteiger partial charge in [0.25, 0.3) is 6.43 Å². The third kappa shape index (κ3) is 3.90. The van der Waals surface area contributed by atoms with Gasteiger partial charge in [-0.05, 0) is 18.5 Å². The number of nitrogens with one attached hydrogen (secondary N) is 1. The van der Waals surface area contributed by atoms with E-state index in [9.17, 15) is 8.78 Å². The first-order chi connectivity index (χ1) is 9.72. The fourth-order valence-corrected chi connectivity index (χ4v) is 2.50. The Kier molecular flexibility index (Phi) is 5.73. The number of fused-ring (bicyclic) bond motifs is 1. The van der Waals surface area contributed by atoms with E-state index >= 15 is 0 Å². The van der Waals surface area contributed by atoms with Gasteiger partial charge in [0.15, 0.2) is 0 Å². The van der Waals surface area contributed by atoms with Crippen LogP contribution in [0.15, 0.2) is 18.2 Å². The largest absolute Gasteiger partial charge is 0.493 e. The van der Waals surface area contributed by atoms with Crippen molar-refractivity contribution in [3.05, 3.63) is 29.3 Å². The van der Waals surface area contributed by atoms with Crippen molar-refractivity contribution in [2.24, 2.45) is 0 Å². The van der Waals surface area contributed by atoms with Crippen LogP contribution in [0.5, 0.6) is 5.75 Å². The highest BCUT2D eigenvalue weighted by Gasteiger charge is 2.21. The Balaban J connectivity index is 1.99. The summed E-state index contributed by atoms with van der Waals surface area (Å²) in [5.41, 5.74) is 2.32. The summed E-state index contributed by atoms with van der Waals surface area (Å²) in [6, 6.07) is 6.20. The first kappa shape index (κ1) is 15.2. The van der Waals surface area contributed by atoms with Gasteiger partial charge in [0.1, 0.15) is 12.4 Å². The van der Waals surface area contributed by atoms with Crippen molar-refractivity contribution in [3.8, 4) is 5.75 Å².